The first-order valence-electron chi connectivity index (χ1n) is 7.26. The average molecular weight is 496 g/mol. The molecule has 1 N–H and O–H groups in total. The summed E-state index contributed by atoms with van der Waals surface area (Å²) in [6.07, 6.45) is -0.807. The molecule has 10 heteroatoms. The van der Waals surface area contributed by atoms with Gasteiger partial charge in [-0.05, 0) is 32.9 Å². The van der Waals surface area contributed by atoms with Crippen LogP contribution >= 0.6 is 33.9 Å². The van der Waals surface area contributed by atoms with E-state index in [9.17, 15) is 18.4 Å². The number of carbonyl (C=O) groups is 2. The standard InChI is InChI=1S/C16H15F2IN2O4S/c1-16(2,3)25-15(23)21-14-11(12(19)22)20-13(26-14)9-7(17)5-6-8(24-4)10(9)18/h5-6H,1-4H3,(H,21,23). The minimum Gasteiger partial charge on any atom is -0.494 e. The van der Waals surface area contributed by atoms with Gasteiger partial charge in [0, 0.05) is 22.6 Å². The topological polar surface area (TPSA) is 77.5 Å². The van der Waals surface area contributed by atoms with Crippen molar-refractivity contribution in [1.29, 1.82) is 0 Å². The van der Waals surface area contributed by atoms with Crippen LogP contribution in [0.3, 0.4) is 0 Å². The highest BCUT2D eigenvalue weighted by atomic mass is 127. The lowest BCUT2D eigenvalue weighted by Crippen LogP contribution is -2.27. The minimum absolute atomic E-state index is 0.0373. The molecule has 0 aliphatic carbocycles. The molecule has 26 heavy (non-hydrogen) atoms. The molecular formula is C16H15F2IN2O4S. The quantitative estimate of drug-likeness (QED) is 0.476. The number of hydrogen-bond acceptors (Lipinski definition) is 6. The molecule has 1 amide bonds. The molecule has 140 valence electrons. The van der Waals surface area contributed by atoms with E-state index in [0.717, 1.165) is 23.5 Å². The number of amides is 1. The molecule has 0 aliphatic rings. The van der Waals surface area contributed by atoms with Crippen molar-refractivity contribution in [2.24, 2.45) is 0 Å². The summed E-state index contributed by atoms with van der Waals surface area (Å²) in [6.45, 7) is 5.03. The maximum Gasteiger partial charge on any atom is 0.412 e. The summed E-state index contributed by atoms with van der Waals surface area (Å²) < 4.78 is 38.1. The van der Waals surface area contributed by atoms with Crippen molar-refractivity contribution >= 4 is 48.8 Å². The molecule has 2 aromatic rings. The molecule has 1 heterocycles. The Kier molecular flexibility index (Phi) is 6.17. The number of thiazole rings is 1. The summed E-state index contributed by atoms with van der Waals surface area (Å²) in [4.78, 5) is 27.7. The second-order valence-electron chi connectivity index (χ2n) is 6.04. The van der Waals surface area contributed by atoms with E-state index in [0.29, 0.717) is 0 Å². The van der Waals surface area contributed by atoms with Gasteiger partial charge in [0.1, 0.15) is 21.4 Å². The van der Waals surface area contributed by atoms with Gasteiger partial charge in [0.05, 0.1) is 12.7 Å². The Balaban J connectivity index is 2.48. The van der Waals surface area contributed by atoms with E-state index in [1.54, 1.807) is 20.8 Å². The molecule has 1 aromatic heterocycles. The highest BCUT2D eigenvalue weighted by molar-refractivity contribution is 14.1. The molecule has 0 bridgehead atoms. The molecule has 0 aliphatic heterocycles. The zero-order chi connectivity index (χ0) is 19.6. The lowest BCUT2D eigenvalue weighted by atomic mass is 10.2. The molecule has 0 radical (unpaired) electrons. The van der Waals surface area contributed by atoms with Gasteiger partial charge in [-0.15, -0.1) is 0 Å². The molecule has 0 fully saturated rings. The van der Waals surface area contributed by atoms with Crippen molar-refractivity contribution in [3.8, 4) is 16.3 Å². The molecule has 1 aromatic carbocycles. The Labute approximate surface area is 166 Å². The summed E-state index contributed by atoms with van der Waals surface area (Å²) in [5, 5.41) is 2.33. The van der Waals surface area contributed by atoms with Crippen molar-refractivity contribution in [2.45, 2.75) is 26.4 Å². The summed E-state index contributed by atoms with van der Waals surface area (Å²) in [5.74, 6) is -1.98. The number of nitrogens with zero attached hydrogens (tertiary/aromatic N) is 1. The largest absolute Gasteiger partial charge is 0.494 e. The third kappa shape index (κ3) is 4.67. The van der Waals surface area contributed by atoms with Crippen LogP contribution in [0.25, 0.3) is 10.6 Å². The zero-order valence-corrected chi connectivity index (χ0v) is 17.3. The normalized spacial score (nSPS) is 11.2. The van der Waals surface area contributed by atoms with E-state index in [-0.39, 0.29) is 21.5 Å². The maximum absolute atomic E-state index is 14.4. The van der Waals surface area contributed by atoms with E-state index in [2.05, 4.69) is 10.3 Å². The predicted octanol–water partition coefficient (Wildman–Crippen LogP) is 5.02. The molecule has 0 saturated carbocycles. The number of methoxy groups -OCH3 is 1. The van der Waals surface area contributed by atoms with Crippen molar-refractivity contribution < 1.29 is 27.8 Å². The maximum atomic E-state index is 14.4. The number of hydrogen-bond donors (Lipinski definition) is 1. The van der Waals surface area contributed by atoms with E-state index in [1.165, 1.54) is 29.7 Å². The lowest BCUT2D eigenvalue weighted by molar-refractivity contribution is 0.0636. The number of halogens is 3. The number of carbonyl (C=O) groups excluding carboxylic acids is 2. The van der Waals surface area contributed by atoms with Gasteiger partial charge in [0.25, 0.3) is 0 Å². The Morgan fingerprint density at radius 2 is 1.92 bits per heavy atom. The van der Waals surface area contributed by atoms with Crippen LogP contribution in [-0.2, 0) is 4.74 Å². The molecule has 0 atom stereocenters. The van der Waals surface area contributed by atoms with Crippen molar-refractivity contribution in [1.82, 2.24) is 4.98 Å². The Hall–Kier alpha value is -1.82. The lowest BCUT2D eigenvalue weighted by Gasteiger charge is -2.19. The molecule has 6 nitrogen and oxygen atoms in total. The zero-order valence-electron chi connectivity index (χ0n) is 14.3. The van der Waals surface area contributed by atoms with E-state index in [1.807, 2.05) is 0 Å². The first-order chi connectivity index (χ1) is 12.0. The van der Waals surface area contributed by atoms with Crippen molar-refractivity contribution in [3.63, 3.8) is 0 Å². The van der Waals surface area contributed by atoms with Gasteiger partial charge in [-0.2, -0.15) is 0 Å². The molecule has 0 unspecified atom stereocenters. The van der Waals surface area contributed by atoms with Gasteiger partial charge in [-0.25, -0.2) is 18.6 Å². The first kappa shape index (κ1) is 20.5. The molecule has 0 spiro atoms. The summed E-state index contributed by atoms with van der Waals surface area (Å²) >= 11 is 2.23. The van der Waals surface area contributed by atoms with E-state index >= 15 is 0 Å². The van der Waals surface area contributed by atoms with Crippen LogP contribution in [0, 0.1) is 11.6 Å². The van der Waals surface area contributed by atoms with Gasteiger partial charge in [0.15, 0.2) is 17.3 Å². The van der Waals surface area contributed by atoms with Gasteiger partial charge >= 0.3 is 6.09 Å². The number of rotatable bonds is 4. The van der Waals surface area contributed by atoms with Crippen LogP contribution in [0.4, 0.5) is 18.6 Å². The SMILES string of the molecule is COc1ccc(F)c(-c2nc(C(=O)I)c(NC(=O)OC(C)(C)C)s2)c1F. The highest BCUT2D eigenvalue weighted by Crippen LogP contribution is 2.38. The van der Waals surface area contributed by atoms with E-state index in [4.69, 9.17) is 9.47 Å². The molecular weight excluding hydrogens is 481 g/mol. The molecule has 2 rings (SSSR count). The fraction of sp³-hybridized carbons (Fsp3) is 0.312. The van der Waals surface area contributed by atoms with Crippen LogP contribution < -0.4 is 10.1 Å². The Morgan fingerprint density at radius 3 is 2.46 bits per heavy atom. The minimum atomic E-state index is -0.947. The Morgan fingerprint density at radius 1 is 1.27 bits per heavy atom. The Bertz CT molecular complexity index is 865. The number of aromatic nitrogens is 1. The number of anilines is 1. The van der Waals surface area contributed by atoms with Gasteiger partial charge < -0.3 is 9.47 Å². The van der Waals surface area contributed by atoms with Crippen LogP contribution in [-0.4, -0.2) is 27.6 Å². The van der Waals surface area contributed by atoms with E-state index < -0.39 is 32.7 Å². The smallest absolute Gasteiger partial charge is 0.412 e. The third-order valence-electron chi connectivity index (χ3n) is 2.92. The summed E-state index contributed by atoms with van der Waals surface area (Å²) in [7, 11) is 1.25. The summed E-state index contributed by atoms with van der Waals surface area (Å²) in [5.41, 5.74) is -1.32. The second-order valence-corrected chi connectivity index (χ2v) is 8.01. The molecule has 0 saturated heterocycles. The van der Waals surface area contributed by atoms with Crippen LogP contribution in [0.1, 0.15) is 31.3 Å². The highest BCUT2D eigenvalue weighted by Gasteiger charge is 2.25. The fourth-order valence-corrected chi connectivity index (χ4v) is 3.49. The summed E-state index contributed by atoms with van der Waals surface area (Å²) in [6, 6.07) is 2.18. The monoisotopic (exact) mass is 496 g/mol. The fourth-order valence-electron chi connectivity index (χ4n) is 1.93. The number of nitrogens with one attached hydrogen (secondary N) is 1. The van der Waals surface area contributed by atoms with Crippen LogP contribution in [0.2, 0.25) is 0 Å². The van der Waals surface area contributed by atoms with Crippen molar-refractivity contribution in [3.05, 3.63) is 29.5 Å². The van der Waals surface area contributed by atoms with Crippen LogP contribution in [0.15, 0.2) is 12.1 Å². The predicted molar refractivity (Wildman–Crippen MR) is 102 cm³/mol. The van der Waals surface area contributed by atoms with Gasteiger partial charge in [-0.1, -0.05) is 11.3 Å². The first-order valence-corrected chi connectivity index (χ1v) is 9.16. The number of ether oxygens (including phenoxy) is 2. The second kappa shape index (κ2) is 7.82. The average Bonchev–Trinajstić information content (AvgIpc) is 2.89. The van der Waals surface area contributed by atoms with Gasteiger partial charge in [-0.3, -0.25) is 10.1 Å². The van der Waals surface area contributed by atoms with Crippen LogP contribution in [0.5, 0.6) is 5.75 Å². The van der Waals surface area contributed by atoms with Crippen molar-refractivity contribution in [2.75, 3.05) is 12.4 Å². The number of benzene rings is 1. The third-order valence-corrected chi connectivity index (χ3v) is 4.42. The van der Waals surface area contributed by atoms with Gasteiger partial charge in [0.2, 0.25) is 3.79 Å².